The molecule has 0 unspecified atom stereocenters. The van der Waals surface area contributed by atoms with Crippen LogP contribution in [-0.2, 0) is 22.6 Å². The average molecular weight is 459 g/mol. The first-order valence-electron chi connectivity index (χ1n) is 10.8. The van der Waals surface area contributed by atoms with Gasteiger partial charge in [0.15, 0.2) is 17.1 Å². The fourth-order valence-electron chi connectivity index (χ4n) is 3.33. The van der Waals surface area contributed by atoms with E-state index < -0.39 is 0 Å². The Kier molecular flexibility index (Phi) is 8.45. The van der Waals surface area contributed by atoms with Crippen molar-refractivity contribution in [1.29, 1.82) is 0 Å². The number of rotatable bonds is 12. The number of nitrogens with zero attached hydrogens (tertiary/aromatic N) is 3. The molecule has 3 aromatic rings. The third kappa shape index (κ3) is 5.52. The van der Waals surface area contributed by atoms with Gasteiger partial charge in [-0.25, -0.2) is 9.78 Å². The van der Waals surface area contributed by atoms with E-state index >= 15 is 0 Å². The highest BCUT2D eigenvalue weighted by atomic mass is 16.5. The van der Waals surface area contributed by atoms with Crippen LogP contribution >= 0.6 is 0 Å². The smallest absolute Gasteiger partial charge is 0.332 e. The molecule has 0 amide bonds. The summed E-state index contributed by atoms with van der Waals surface area (Å²) in [6.07, 6.45) is 3.59. The van der Waals surface area contributed by atoms with Crippen molar-refractivity contribution >= 4 is 23.3 Å². The molecule has 0 saturated heterocycles. The molecule has 3 rings (SSSR count). The van der Waals surface area contributed by atoms with Gasteiger partial charge in [-0.2, -0.15) is 0 Å². The zero-order chi connectivity index (χ0) is 23.8. The Morgan fingerprint density at radius 2 is 1.58 bits per heavy atom. The van der Waals surface area contributed by atoms with Crippen LogP contribution in [-0.4, -0.2) is 59.7 Å². The van der Waals surface area contributed by atoms with Gasteiger partial charge in [0.2, 0.25) is 0 Å². The topological polar surface area (TPSA) is 110 Å². The lowest BCUT2D eigenvalue weighted by atomic mass is 10.2. The molecule has 1 N–H and O–H groups in total. The maximum Gasteiger partial charge on any atom is 0.332 e. The van der Waals surface area contributed by atoms with E-state index in [-0.39, 0.29) is 11.2 Å². The third-order valence-electron chi connectivity index (χ3n) is 5.00. The Bertz CT molecular complexity index is 1220. The molecule has 0 fully saturated rings. The third-order valence-corrected chi connectivity index (χ3v) is 5.00. The molecule has 33 heavy (non-hydrogen) atoms. The number of benzene rings is 1. The van der Waals surface area contributed by atoms with Crippen LogP contribution in [0, 0.1) is 0 Å². The van der Waals surface area contributed by atoms with Crippen LogP contribution in [0.2, 0.25) is 0 Å². The first kappa shape index (κ1) is 24.3. The minimum atomic E-state index is -0.374. The van der Waals surface area contributed by atoms with Crippen LogP contribution in [0.25, 0.3) is 23.3 Å². The molecule has 0 atom stereocenters. The molecule has 10 heteroatoms. The van der Waals surface area contributed by atoms with E-state index in [1.54, 1.807) is 27.2 Å². The van der Waals surface area contributed by atoms with Crippen molar-refractivity contribution in [2.45, 2.75) is 26.9 Å². The molecule has 1 aromatic carbocycles. The highest BCUT2D eigenvalue weighted by Crippen LogP contribution is 2.29. The van der Waals surface area contributed by atoms with Crippen LogP contribution in [0.1, 0.15) is 25.2 Å². The Balaban J connectivity index is 1.92. The summed E-state index contributed by atoms with van der Waals surface area (Å²) in [5.74, 6) is 1.66. The van der Waals surface area contributed by atoms with Gasteiger partial charge in [-0.15, -0.1) is 0 Å². The molecule has 178 valence electrons. The van der Waals surface area contributed by atoms with Gasteiger partial charge in [-0.1, -0.05) is 12.1 Å². The molecule has 0 saturated carbocycles. The number of aryl methyl sites for hydroxylation is 1. The average Bonchev–Trinajstić information content (AvgIpc) is 3.24. The number of H-pyrrole nitrogens is 1. The largest absolute Gasteiger partial charge is 0.487 e. The molecule has 0 aliphatic carbocycles. The van der Waals surface area contributed by atoms with Gasteiger partial charge in [0, 0.05) is 27.3 Å². The quantitative estimate of drug-likeness (QED) is 0.414. The Morgan fingerprint density at radius 1 is 0.909 bits per heavy atom. The summed E-state index contributed by atoms with van der Waals surface area (Å²) in [7, 11) is 3.22. The molecule has 0 bridgehead atoms. The van der Waals surface area contributed by atoms with Crippen molar-refractivity contribution in [3.63, 3.8) is 0 Å². The summed E-state index contributed by atoms with van der Waals surface area (Å²) in [5.41, 5.74) is 0.772. The van der Waals surface area contributed by atoms with E-state index in [0.29, 0.717) is 68.0 Å². The number of aromatic nitrogens is 4. The van der Waals surface area contributed by atoms with E-state index in [0.717, 1.165) is 5.56 Å². The first-order valence-corrected chi connectivity index (χ1v) is 10.8. The highest BCUT2D eigenvalue weighted by molar-refractivity contribution is 5.76. The van der Waals surface area contributed by atoms with E-state index in [2.05, 4.69) is 9.97 Å². The van der Waals surface area contributed by atoms with Crippen LogP contribution in [0.3, 0.4) is 0 Å². The number of fused-ring (bicyclic) bond motifs is 1. The minimum Gasteiger partial charge on any atom is -0.487 e. The van der Waals surface area contributed by atoms with E-state index in [4.69, 9.17) is 18.9 Å². The zero-order valence-electron chi connectivity index (χ0n) is 19.4. The highest BCUT2D eigenvalue weighted by Gasteiger charge is 2.15. The zero-order valence-corrected chi connectivity index (χ0v) is 19.4. The van der Waals surface area contributed by atoms with Gasteiger partial charge in [0.1, 0.15) is 24.6 Å². The number of aromatic amines is 1. The molecule has 10 nitrogen and oxygen atoms in total. The Labute approximate surface area is 191 Å². The number of ether oxygens (including phenoxy) is 4. The molecule has 2 heterocycles. The SMILES string of the molecule is CCn1c(=O)c2[nH]c(C=Cc3ccc(OCCOC)c(OCCOC)c3)nc2n(CC)c1=O. The lowest BCUT2D eigenvalue weighted by Crippen LogP contribution is -2.39. The lowest BCUT2D eigenvalue weighted by Gasteiger charge is -2.13. The van der Waals surface area contributed by atoms with Crippen molar-refractivity contribution in [1.82, 2.24) is 19.1 Å². The van der Waals surface area contributed by atoms with Crippen molar-refractivity contribution in [2.24, 2.45) is 0 Å². The van der Waals surface area contributed by atoms with Crippen molar-refractivity contribution < 1.29 is 18.9 Å². The summed E-state index contributed by atoms with van der Waals surface area (Å²) in [4.78, 5) is 32.7. The number of hydrogen-bond donors (Lipinski definition) is 1. The van der Waals surface area contributed by atoms with E-state index in [1.165, 1.54) is 9.13 Å². The Morgan fingerprint density at radius 3 is 2.21 bits per heavy atom. The lowest BCUT2D eigenvalue weighted by molar-refractivity contribution is 0.132. The molecular weight excluding hydrogens is 428 g/mol. The molecule has 0 aliphatic heterocycles. The molecule has 0 radical (unpaired) electrons. The van der Waals surface area contributed by atoms with Gasteiger partial charge >= 0.3 is 5.69 Å². The number of nitrogens with one attached hydrogen (secondary N) is 1. The van der Waals surface area contributed by atoms with Crippen molar-refractivity contribution in [2.75, 3.05) is 40.6 Å². The fraction of sp³-hybridized carbons (Fsp3) is 0.435. The monoisotopic (exact) mass is 458 g/mol. The van der Waals surface area contributed by atoms with Crippen molar-refractivity contribution in [3.05, 3.63) is 50.4 Å². The minimum absolute atomic E-state index is 0.294. The van der Waals surface area contributed by atoms with E-state index in [9.17, 15) is 9.59 Å². The fourth-order valence-corrected chi connectivity index (χ4v) is 3.33. The van der Waals surface area contributed by atoms with E-state index in [1.807, 2.05) is 31.2 Å². The second-order valence-electron chi connectivity index (χ2n) is 7.12. The van der Waals surface area contributed by atoms with Gasteiger partial charge in [-0.3, -0.25) is 13.9 Å². The van der Waals surface area contributed by atoms with Gasteiger partial charge in [-0.05, 0) is 37.6 Å². The number of hydrogen-bond acceptors (Lipinski definition) is 7. The van der Waals surface area contributed by atoms with Gasteiger partial charge in [0.05, 0.1) is 13.2 Å². The maximum absolute atomic E-state index is 12.7. The first-order chi connectivity index (χ1) is 16.0. The second kappa shape index (κ2) is 11.5. The molecular formula is C23H30N4O6. The van der Waals surface area contributed by atoms with Crippen LogP contribution < -0.4 is 20.7 Å². The van der Waals surface area contributed by atoms with Crippen LogP contribution in [0.4, 0.5) is 0 Å². The van der Waals surface area contributed by atoms with Crippen LogP contribution in [0.15, 0.2) is 27.8 Å². The van der Waals surface area contributed by atoms with Gasteiger partial charge < -0.3 is 23.9 Å². The summed E-state index contributed by atoms with van der Waals surface area (Å²) in [6, 6.07) is 5.56. The van der Waals surface area contributed by atoms with Crippen molar-refractivity contribution in [3.8, 4) is 11.5 Å². The molecule has 0 aliphatic rings. The molecule has 0 spiro atoms. The standard InChI is InChI=1S/C23H30N4O6/c1-5-26-21-20(22(28)27(6-2)23(26)29)24-19(25-21)10-8-16-7-9-17(32-13-11-30-3)18(15-16)33-14-12-31-4/h7-10,15H,5-6,11-14H2,1-4H3,(H,24,25). The Hall–Kier alpha value is -3.37. The predicted molar refractivity (Wildman–Crippen MR) is 126 cm³/mol. The number of imidazole rings is 1. The summed E-state index contributed by atoms with van der Waals surface area (Å²) < 4.78 is 24.3. The summed E-state index contributed by atoms with van der Waals surface area (Å²) in [6.45, 7) is 6.01. The predicted octanol–water partition coefficient (Wildman–Crippen LogP) is 2.15. The maximum atomic E-state index is 12.7. The summed E-state index contributed by atoms with van der Waals surface area (Å²) >= 11 is 0. The second-order valence-corrected chi connectivity index (χ2v) is 7.12. The van der Waals surface area contributed by atoms with Crippen LogP contribution in [0.5, 0.6) is 11.5 Å². The number of methoxy groups -OCH3 is 2. The summed E-state index contributed by atoms with van der Waals surface area (Å²) in [5, 5.41) is 0. The van der Waals surface area contributed by atoms with Gasteiger partial charge in [0.25, 0.3) is 5.56 Å². The normalized spacial score (nSPS) is 11.5. The molecule has 2 aromatic heterocycles.